The second-order valence-electron chi connectivity index (χ2n) is 10.4. The molecule has 0 bridgehead atoms. The van der Waals surface area contributed by atoms with Gasteiger partial charge in [0.05, 0.1) is 39.8 Å². The molecule has 3 aliphatic heterocycles. The van der Waals surface area contributed by atoms with Crippen LogP contribution in [0.4, 0.5) is 11.4 Å². The number of carbonyl (C=O) groups excluding carboxylic acids is 1. The summed E-state index contributed by atoms with van der Waals surface area (Å²) in [5, 5.41) is 0. The van der Waals surface area contributed by atoms with Gasteiger partial charge in [0.25, 0.3) is 5.56 Å². The van der Waals surface area contributed by atoms with Crippen LogP contribution in [0.15, 0.2) is 91.5 Å². The normalized spacial score (nSPS) is 16.9. The largest absolute Gasteiger partial charge is 0.463 e. The summed E-state index contributed by atoms with van der Waals surface area (Å²) in [4.78, 5) is 37.5. The highest BCUT2D eigenvalue weighted by Crippen LogP contribution is 2.47. The van der Waals surface area contributed by atoms with Gasteiger partial charge in [-0.3, -0.25) is 9.36 Å². The van der Waals surface area contributed by atoms with Gasteiger partial charge in [0.2, 0.25) is 6.79 Å². The van der Waals surface area contributed by atoms with Crippen molar-refractivity contribution in [3.63, 3.8) is 0 Å². The first-order valence-electron chi connectivity index (χ1n) is 14.2. The smallest absolute Gasteiger partial charge is 0.338 e. The van der Waals surface area contributed by atoms with Gasteiger partial charge in [-0.1, -0.05) is 60.7 Å². The van der Waals surface area contributed by atoms with Crippen molar-refractivity contribution in [3.8, 4) is 11.5 Å². The van der Waals surface area contributed by atoms with E-state index in [1.807, 2.05) is 49.4 Å². The number of thiazole rings is 1. The van der Waals surface area contributed by atoms with Gasteiger partial charge in [-0.2, -0.15) is 0 Å². The lowest BCUT2D eigenvalue weighted by Gasteiger charge is -2.29. The highest BCUT2D eigenvalue weighted by molar-refractivity contribution is 7.99. The molecule has 0 amide bonds. The predicted molar refractivity (Wildman–Crippen MR) is 167 cm³/mol. The number of hydrogen-bond donors (Lipinski definition) is 0. The second kappa shape index (κ2) is 11.1. The Morgan fingerprint density at radius 2 is 1.86 bits per heavy atom. The van der Waals surface area contributed by atoms with Crippen LogP contribution in [0.1, 0.15) is 43.9 Å². The van der Waals surface area contributed by atoms with Crippen molar-refractivity contribution in [2.45, 2.75) is 42.5 Å². The summed E-state index contributed by atoms with van der Waals surface area (Å²) in [6.07, 6.45) is 3.28. The van der Waals surface area contributed by atoms with Crippen molar-refractivity contribution >= 4 is 46.5 Å². The Morgan fingerprint density at radius 1 is 1.05 bits per heavy atom. The maximum Gasteiger partial charge on any atom is 0.338 e. The molecule has 3 aromatic carbocycles. The molecule has 0 unspecified atom stereocenters. The number of esters is 1. The summed E-state index contributed by atoms with van der Waals surface area (Å²) < 4.78 is 18.8. The lowest BCUT2D eigenvalue weighted by molar-refractivity contribution is -0.139. The Bertz CT molecular complexity index is 1990. The molecule has 3 aliphatic rings. The Kier molecular flexibility index (Phi) is 7.10. The molecule has 0 saturated carbocycles. The van der Waals surface area contributed by atoms with E-state index in [4.69, 9.17) is 19.2 Å². The Balaban J connectivity index is 1.37. The molecule has 0 aliphatic carbocycles. The van der Waals surface area contributed by atoms with Crippen LogP contribution in [0.3, 0.4) is 0 Å². The molecule has 1 atom stereocenters. The first-order valence-corrected chi connectivity index (χ1v) is 15.9. The number of nitrogens with zero attached hydrogens (tertiary/aromatic N) is 3. The Hall–Kier alpha value is -4.28. The minimum absolute atomic E-state index is 0.129. The zero-order valence-corrected chi connectivity index (χ0v) is 25.6. The first-order chi connectivity index (χ1) is 21.0. The average Bonchev–Trinajstić information content (AvgIpc) is 3.60. The van der Waals surface area contributed by atoms with Gasteiger partial charge in [-0.25, -0.2) is 9.79 Å². The van der Waals surface area contributed by atoms with Crippen LogP contribution in [0, 0.1) is 0 Å². The van der Waals surface area contributed by atoms with Gasteiger partial charge in [0, 0.05) is 16.8 Å². The molecule has 4 heterocycles. The van der Waals surface area contributed by atoms with E-state index in [1.54, 1.807) is 23.3 Å². The van der Waals surface area contributed by atoms with Crippen molar-refractivity contribution < 1.29 is 19.0 Å². The molecule has 218 valence electrons. The zero-order valence-electron chi connectivity index (χ0n) is 24.0. The third-order valence-electron chi connectivity index (χ3n) is 7.69. The molecule has 10 heteroatoms. The fraction of sp³-hybridized carbons (Fsp3) is 0.242. The topological polar surface area (TPSA) is 82.4 Å². The number of allylic oxidation sites excluding steroid dienone is 1. The van der Waals surface area contributed by atoms with Crippen LogP contribution in [0.25, 0.3) is 6.08 Å². The van der Waals surface area contributed by atoms with E-state index in [9.17, 15) is 9.59 Å². The van der Waals surface area contributed by atoms with E-state index < -0.39 is 12.0 Å². The summed E-state index contributed by atoms with van der Waals surface area (Å²) in [6, 6.07) is 19.4. The molecule has 0 fully saturated rings. The second-order valence-corrected chi connectivity index (χ2v) is 12.5. The maximum atomic E-state index is 14.2. The maximum absolute atomic E-state index is 14.2. The fourth-order valence-electron chi connectivity index (χ4n) is 5.72. The van der Waals surface area contributed by atoms with Crippen molar-refractivity contribution in [1.82, 2.24) is 4.57 Å². The molecule has 0 radical (unpaired) electrons. The molecule has 0 saturated heterocycles. The third-order valence-corrected chi connectivity index (χ3v) is 9.79. The molecule has 8 nitrogen and oxygen atoms in total. The molecule has 0 spiro atoms. The molecule has 1 aromatic heterocycles. The van der Waals surface area contributed by atoms with Gasteiger partial charge in [-0.05, 0) is 66.9 Å². The Labute approximate surface area is 256 Å². The third kappa shape index (κ3) is 4.74. The number of ether oxygens (including phenoxy) is 3. The van der Waals surface area contributed by atoms with Crippen LogP contribution in [-0.4, -0.2) is 31.0 Å². The standard InChI is InChI=1S/C33H29N3O5S2/c1-4-8-21-29(32(38)39-5-2)30(20-12-14-24-25(17-20)41-18-40-24)36-31(37)28(43-33(36)34-21)16-19-11-13-23-27(15-19)42-26-10-7-6-9-22(26)35(23)3/h6-7,9-17,30H,4-5,8,18H2,1-3H3/b28-16+/t30-/m1/s1. The monoisotopic (exact) mass is 611 g/mol. The molecule has 4 aromatic rings. The van der Waals surface area contributed by atoms with Crippen LogP contribution in [0.2, 0.25) is 0 Å². The number of fused-ring (bicyclic) bond motifs is 4. The number of rotatable bonds is 6. The van der Waals surface area contributed by atoms with Gasteiger partial charge in [0.1, 0.15) is 0 Å². The summed E-state index contributed by atoms with van der Waals surface area (Å²) in [5.74, 6) is 0.739. The van der Waals surface area contributed by atoms with Crippen LogP contribution < -0.4 is 29.3 Å². The van der Waals surface area contributed by atoms with Crippen molar-refractivity contribution in [1.29, 1.82) is 0 Å². The van der Waals surface area contributed by atoms with Gasteiger partial charge in [-0.15, -0.1) is 0 Å². The molecule has 0 N–H and O–H groups in total. The van der Waals surface area contributed by atoms with E-state index in [0.717, 1.165) is 28.1 Å². The molecular weight excluding hydrogens is 583 g/mol. The highest BCUT2D eigenvalue weighted by Gasteiger charge is 2.35. The van der Waals surface area contributed by atoms with Gasteiger partial charge < -0.3 is 19.1 Å². The van der Waals surface area contributed by atoms with Crippen LogP contribution >= 0.6 is 23.1 Å². The fourth-order valence-corrected chi connectivity index (χ4v) is 7.94. The molecule has 7 rings (SSSR count). The summed E-state index contributed by atoms with van der Waals surface area (Å²) in [6.45, 7) is 4.16. The lowest BCUT2D eigenvalue weighted by Crippen LogP contribution is -2.40. The average molecular weight is 612 g/mol. The number of benzene rings is 3. The number of anilines is 2. The van der Waals surface area contributed by atoms with Crippen molar-refractivity contribution in [3.05, 3.63) is 103 Å². The minimum Gasteiger partial charge on any atom is -0.463 e. The van der Waals surface area contributed by atoms with Crippen molar-refractivity contribution in [2.75, 3.05) is 25.3 Å². The molecular formula is C33H29N3O5S2. The van der Waals surface area contributed by atoms with E-state index in [-0.39, 0.29) is 19.0 Å². The van der Waals surface area contributed by atoms with E-state index in [0.29, 0.717) is 38.5 Å². The van der Waals surface area contributed by atoms with Crippen LogP contribution in [0.5, 0.6) is 11.5 Å². The number of aromatic nitrogens is 1. The first kappa shape index (κ1) is 27.5. The Morgan fingerprint density at radius 3 is 2.70 bits per heavy atom. The van der Waals surface area contributed by atoms with E-state index in [2.05, 4.69) is 36.2 Å². The van der Waals surface area contributed by atoms with Gasteiger partial charge in [0.15, 0.2) is 16.3 Å². The number of para-hydroxylation sites is 1. The van der Waals surface area contributed by atoms with Crippen molar-refractivity contribution in [2.24, 2.45) is 4.99 Å². The SMILES string of the molecule is CCCC1=C(C(=O)OCC)[C@@H](c2ccc3c(c2)OCO3)n2c(s/c(=C/c3ccc4c(c3)Sc3ccccc3N4C)c2=O)=N1. The zero-order chi connectivity index (χ0) is 29.7. The number of carbonyl (C=O) groups is 1. The number of hydrogen-bond acceptors (Lipinski definition) is 9. The minimum atomic E-state index is -0.710. The molecule has 43 heavy (non-hydrogen) atoms. The summed E-state index contributed by atoms with van der Waals surface area (Å²) in [5.41, 5.74) is 4.75. The predicted octanol–water partition coefficient (Wildman–Crippen LogP) is 5.54. The summed E-state index contributed by atoms with van der Waals surface area (Å²) >= 11 is 3.06. The summed E-state index contributed by atoms with van der Waals surface area (Å²) in [7, 11) is 2.07. The highest BCUT2D eigenvalue weighted by atomic mass is 32.2. The quantitative estimate of drug-likeness (QED) is 0.265. The van der Waals surface area contributed by atoms with E-state index >= 15 is 0 Å². The lowest BCUT2D eigenvalue weighted by atomic mass is 9.94. The van der Waals surface area contributed by atoms with E-state index in [1.165, 1.54) is 21.9 Å². The van der Waals surface area contributed by atoms with Crippen LogP contribution in [-0.2, 0) is 9.53 Å². The van der Waals surface area contributed by atoms with Gasteiger partial charge >= 0.3 is 5.97 Å².